The molecule has 0 saturated heterocycles. The third-order valence-corrected chi connectivity index (χ3v) is 4.70. The van der Waals surface area contributed by atoms with E-state index >= 15 is 0 Å². The number of para-hydroxylation sites is 1. The van der Waals surface area contributed by atoms with Crippen LogP contribution in [-0.4, -0.2) is 34.6 Å². The van der Waals surface area contributed by atoms with E-state index in [1.54, 1.807) is 6.07 Å². The van der Waals surface area contributed by atoms with E-state index in [-0.39, 0.29) is 18.4 Å². The second kappa shape index (κ2) is 6.65. The summed E-state index contributed by atoms with van der Waals surface area (Å²) in [6.45, 7) is -0.153. The number of hydrogen-bond donors (Lipinski definition) is 4. The molecular formula is C20H19N3O3. The summed E-state index contributed by atoms with van der Waals surface area (Å²) in [6, 6.07) is 16.5. The molecule has 0 fully saturated rings. The molecule has 132 valence electrons. The van der Waals surface area contributed by atoms with Crippen LogP contribution in [0.3, 0.4) is 0 Å². The molecule has 4 N–H and O–H groups in total. The van der Waals surface area contributed by atoms with Crippen LogP contribution in [0.1, 0.15) is 27.7 Å². The molecule has 1 aromatic heterocycles. The molecule has 1 aliphatic rings. The summed E-state index contributed by atoms with van der Waals surface area (Å²) in [6.07, 6.45) is -0.136. The van der Waals surface area contributed by atoms with E-state index < -0.39 is 12.1 Å². The van der Waals surface area contributed by atoms with Gasteiger partial charge in [-0.05, 0) is 23.3 Å². The van der Waals surface area contributed by atoms with Crippen LogP contribution >= 0.6 is 0 Å². The number of benzene rings is 2. The number of carbonyl (C=O) groups is 2. The van der Waals surface area contributed by atoms with Crippen molar-refractivity contribution >= 4 is 22.7 Å². The van der Waals surface area contributed by atoms with E-state index in [9.17, 15) is 14.7 Å². The predicted octanol–water partition coefficient (Wildman–Crippen LogP) is 1.67. The monoisotopic (exact) mass is 349 g/mol. The van der Waals surface area contributed by atoms with Crippen molar-refractivity contribution in [2.24, 2.45) is 0 Å². The molecule has 2 atom stereocenters. The largest absolute Gasteiger partial charge is 0.390 e. The fourth-order valence-electron chi connectivity index (χ4n) is 3.42. The van der Waals surface area contributed by atoms with Crippen LogP contribution in [0, 0.1) is 0 Å². The highest BCUT2D eigenvalue weighted by atomic mass is 16.3. The Morgan fingerprint density at radius 3 is 2.73 bits per heavy atom. The topological polar surface area (TPSA) is 94.2 Å². The minimum absolute atomic E-state index is 0.153. The molecule has 6 heteroatoms. The fraction of sp³-hybridized carbons (Fsp3) is 0.200. The zero-order valence-corrected chi connectivity index (χ0v) is 14.0. The van der Waals surface area contributed by atoms with E-state index in [0.29, 0.717) is 12.1 Å². The van der Waals surface area contributed by atoms with Crippen molar-refractivity contribution in [3.8, 4) is 0 Å². The maximum Gasteiger partial charge on any atom is 0.268 e. The van der Waals surface area contributed by atoms with Gasteiger partial charge in [-0.15, -0.1) is 0 Å². The van der Waals surface area contributed by atoms with Crippen molar-refractivity contribution < 1.29 is 14.7 Å². The number of aliphatic hydroxyl groups is 1. The van der Waals surface area contributed by atoms with Gasteiger partial charge in [-0.2, -0.15) is 0 Å². The Labute approximate surface area is 150 Å². The molecule has 0 spiro atoms. The van der Waals surface area contributed by atoms with Gasteiger partial charge in [0.1, 0.15) is 5.69 Å². The highest BCUT2D eigenvalue weighted by Crippen LogP contribution is 2.31. The van der Waals surface area contributed by atoms with Gasteiger partial charge < -0.3 is 20.7 Å². The maximum atomic E-state index is 12.2. The highest BCUT2D eigenvalue weighted by molar-refractivity contribution is 5.99. The first kappa shape index (κ1) is 16.4. The Kier molecular flexibility index (Phi) is 4.18. The van der Waals surface area contributed by atoms with Crippen molar-refractivity contribution in [1.29, 1.82) is 0 Å². The number of H-pyrrole nitrogens is 1. The van der Waals surface area contributed by atoms with E-state index in [0.717, 1.165) is 22.0 Å². The molecule has 0 saturated carbocycles. The molecular weight excluding hydrogens is 330 g/mol. The molecule has 1 heterocycles. The zero-order chi connectivity index (χ0) is 18.1. The third kappa shape index (κ3) is 3.07. The smallest absolute Gasteiger partial charge is 0.268 e. The van der Waals surface area contributed by atoms with Gasteiger partial charge in [0.2, 0.25) is 5.91 Å². The summed E-state index contributed by atoms with van der Waals surface area (Å²) < 4.78 is 0. The molecule has 0 aliphatic heterocycles. The maximum absolute atomic E-state index is 12.2. The molecule has 2 amide bonds. The zero-order valence-electron chi connectivity index (χ0n) is 14.0. The molecule has 0 bridgehead atoms. The lowest BCUT2D eigenvalue weighted by Gasteiger charge is -2.18. The average molecular weight is 349 g/mol. The number of aromatic amines is 1. The van der Waals surface area contributed by atoms with Crippen LogP contribution < -0.4 is 10.6 Å². The van der Waals surface area contributed by atoms with E-state index in [2.05, 4.69) is 15.6 Å². The second-order valence-electron chi connectivity index (χ2n) is 6.47. The standard InChI is InChI=1S/C20H19N3O3/c24-17-10-12-5-1-3-7-14(12)19(17)23-18(25)11-21-20(26)16-9-13-6-2-4-8-15(13)22-16/h1-9,17,19,22,24H,10-11H2,(H,21,26)(H,23,25)/t17-,19+/m1/s1. The molecule has 4 rings (SSSR count). The lowest BCUT2D eigenvalue weighted by molar-refractivity contribution is -0.121. The van der Waals surface area contributed by atoms with Gasteiger partial charge in [0.05, 0.1) is 18.7 Å². The van der Waals surface area contributed by atoms with Crippen molar-refractivity contribution in [3.05, 3.63) is 71.4 Å². The van der Waals surface area contributed by atoms with Crippen molar-refractivity contribution in [3.63, 3.8) is 0 Å². The Morgan fingerprint density at radius 2 is 1.88 bits per heavy atom. The third-order valence-electron chi connectivity index (χ3n) is 4.70. The minimum atomic E-state index is -0.652. The number of aromatic nitrogens is 1. The quantitative estimate of drug-likeness (QED) is 0.577. The van der Waals surface area contributed by atoms with E-state index in [4.69, 9.17) is 0 Å². The summed E-state index contributed by atoms with van der Waals surface area (Å²) in [5.74, 6) is -0.682. The number of aliphatic hydroxyl groups excluding tert-OH is 1. The summed E-state index contributed by atoms with van der Waals surface area (Å²) in [7, 11) is 0. The summed E-state index contributed by atoms with van der Waals surface area (Å²) in [4.78, 5) is 27.5. The van der Waals surface area contributed by atoms with E-state index in [1.807, 2.05) is 48.5 Å². The normalized spacial score (nSPS) is 18.5. The van der Waals surface area contributed by atoms with Gasteiger partial charge in [0.15, 0.2) is 0 Å². The number of fused-ring (bicyclic) bond motifs is 2. The van der Waals surface area contributed by atoms with Crippen molar-refractivity contribution in [2.45, 2.75) is 18.6 Å². The lowest BCUT2D eigenvalue weighted by Crippen LogP contribution is -2.41. The number of rotatable bonds is 4. The van der Waals surface area contributed by atoms with Crippen LogP contribution in [-0.2, 0) is 11.2 Å². The Bertz CT molecular complexity index is 946. The van der Waals surface area contributed by atoms with Gasteiger partial charge in [-0.25, -0.2) is 0 Å². The van der Waals surface area contributed by atoms with Crippen LogP contribution in [0.4, 0.5) is 0 Å². The molecule has 0 unspecified atom stereocenters. The highest BCUT2D eigenvalue weighted by Gasteiger charge is 2.31. The molecule has 6 nitrogen and oxygen atoms in total. The van der Waals surface area contributed by atoms with Gasteiger partial charge in [-0.1, -0.05) is 42.5 Å². The first-order valence-electron chi connectivity index (χ1n) is 8.53. The number of nitrogens with one attached hydrogen (secondary N) is 3. The predicted molar refractivity (Wildman–Crippen MR) is 97.7 cm³/mol. The van der Waals surface area contributed by atoms with Crippen LogP contribution in [0.2, 0.25) is 0 Å². The van der Waals surface area contributed by atoms with Crippen molar-refractivity contribution in [2.75, 3.05) is 6.54 Å². The SMILES string of the molecule is O=C(CNC(=O)c1cc2ccccc2[nH]1)N[C@H]1c2ccccc2C[C@H]1O. The Morgan fingerprint density at radius 1 is 1.12 bits per heavy atom. The molecule has 2 aromatic carbocycles. The molecule has 3 aromatic rings. The number of carbonyl (C=O) groups excluding carboxylic acids is 2. The van der Waals surface area contributed by atoms with Crippen LogP contribution in [0.5, 0.6) is 0 Å². The minimum Gasteiger partial charge on any atom is -0.390 e. The molecule has 26 heavy (non-hydrogen) atoms. The van der Waals surface area contributed by atoms with Crippen LogP contribution in [0.15, 0.2) is 54.6 Å². The summed E-state index contributed by atoms with van der Waals surface area (Å²) in [5, 5.41) is 16.5. The molecule has 1 aliphatic carbocycles. The van der Waals surface area contributed by atoms with Gasteiger partial charge >= 0.3 is 0 Å². The molecule has 0 radical (unpaired) electrons. The average Bonchev–Trinajstić information content (AvgIpc) is 3.21. The Hall–Kier alpha value is -3.12. The van der Waals surface area contributed by atoms with Gasteiger partial charge in [0.25, 0.3) is 5.91 Å². The summed E-state index contributed by atoms with van der Waals surface area (Å²) in [5.41, 5.74) is 3.24. The van der Waals surface area contributed by atoms with Crippen molar-refractivity contribution in [1.82, 2.24) is 15.6 Å². The van der Waals surface area contributed by atoms with Gasteiger partial charge in [0, 0.05) is 17.3 Å². The Balaban J connectivity index is 1.37. The second-order valence-corrected chi connectivity index (χ2v) is 6.47. The fourth-order valence-corrected chi connectivity index (χ4v) is 3.42. The lowest BCUT2D eigenvalue weighted by atomic mass is 10.1. The summed E-state index contributed by atoms with van der Waals surface area (Å²) >= 11 is 0. The number of hydrogen-bond acceptors (Lipinski definition) is 3. The van der Waals surface area contributed by atoms with E-state index in [1.165, 1.54) is 0 Å². The van der Waals surface area contributed by atoms with Gasteiger partial charge in [-0.3, -0.25) is 9.59 Å². The first-order valence-corrected chi connectivity index (χ1v) is 8.53. The van der Waals surface area contributed by atoms with Crippen LogP contribution in [0.25, 0.3) is 10.9 Å². The first-order chi connectivity index (χ1) is 12.6. The number of amides is 2.